The van der Waals surface area contributed by atoms with Gasteiger partial charge in [-0.15, -0.1) is 0 Å². The van der Waals surface area contributed by atoms with Crippen molar-refractivity contribution >= 4 is 5.97 Å². The van der Waals surface area contributed by atoms with Gasteiger partial charge >= 0.3 is 5.97 Å². The smallest absolute Gasteiger partial charge is 0.310 e. The minimum Gasteiger partial charge on any atom is -0.460 e. The van der Waals surface area contributed by atoms with Gasteiger partial charge in [-0.3, -0.25) is 9.69 Å². The van der Waals surface area contributed by atoms with Crippen LogP contribution in [0.3, 0.4) is 0 Å². The first kappa shape index (κ1) is 23.1. The summed E-state index contributed by atoms with van der Waals surface area (Å²) in [5, 5.41) is 0. The Labute approximate surface area is 175 Å². The first-order valence-electron chi connectivity index (χ1n) is 10.3. The molecule has 0 saturated carbocycles. The van der Waals surface area contributed by atoms with Crippen LogP contribution in [0.1, 0.15) is 45.7 Å². The lowest BCUT2D eigenvalue weighted by Crippen LogP contribution is -2.50. The van der Waals surface area contributed by atoms with Crippen LogP contribution in [0.4, 0.5) is 0 Å². The van der Waals surface area contributed by atoms with Crippen molar-refractivity contribution < 1.29 is 14.3 Å². The first-order valence-corrected chi connectivity index (χ1v) is 10.3. The molecule has 4 nitrogen and oxygen atoms in total. The molecule has 0 heterocycles. The first-order chi connectivity index (χ1) is 13.7. The summed E-state index contributed by atoms with van der Waals surface area (Å²) in [6, 6.07) is 20.5. The van der Waals surface area contributed by atoms with E-state index in [4.69, 9.17) is 9.47 Å². The zero-order valence-electron chi connectivity index (χ0n) is 18.6. The Balaban J connectivity index is 2.35. The second-order valence-electron chi connectivity index (χ2n) is 8.63. The third kappa shape index (κ3) is 7.30. The lowest BCUT2D eigenvalue weighted by Gasteiger charge is -2.39. The predicted octanol–water partition coefficient (Wildman–Crippen LogP) is 5.07. The molecule has 0 spiro atoms. The number of benzene rings is 2. The molecule has 4 heteroatoms. The van der Waals surface area contributed by atoms with E-state index >= 15 is 0 Å². The molecule has 0 saturated heterocycles. The van der Waals surface area contributed by atoms with Gasteiger partial charge < -0.3 is 9.47 Å². The number of hydrogen-bond donors (Lipinski definition) is 0. The molecular weight excluding hydrogens is 362 g/mol. The fourth-order valence-corrected chi connectivity index (χ4v) is 3.60. The number of esters is 1. The molecule has 0 radical (unpaired) electrons. The van der Waals surface area contributed by atoms with Crippen molar-refractivity contribution in [3.63, 3.8) is 0 Å². The van der Waals surface area contributed by atoms with Gasteiger partial charge in [0.1, 0.15) is 5.60 Å². The summed E-state index contributed by atoms with van der Waals surface area (Å²) in [6.45, 7) is 11.1. The summed E-state index contributed by atoms with van der Waals surface area (Å²) in [5.74, 6) is -0.533. The van der Waals surface area contributed by atoms with Crippen molar-refractivity contribution in [2.45, 2.75) is 65.5 Å². The average Bonchev–Trinajstić information content (AvgIpc) is 2.68. The SMILES string of the molecule is CO[C@@H](C)[C@H](C(C)C(=O)OC(C)(C)C)N(Cc1ccccc1)Cc1ccccc1. The van der Waals surface area contributed by atoms with Gasteiger partial charge in [0.25, 0.3) is 0 Å². The fraction of sp³-hybridized carbons (Fsp3) is 0.480. The number of carbonyl (C=O) groups excluding carboxylic acids is 1. The minimum absolute atomic E-state index is 0.129. The van der Waals surface area contributed by atoms with Crippen molar-refractivity contribution in [1.82, 2.24) is 4.90 Å². The van der Waals surface area contributed by atoms with E-state index in [-0.39, 0.29) is 24.0 Å². The van der Waals surface area contributed by atoms with Gasteiger partial charge in [0.2, 0.25) is 0 Å². The molecule has 0 amide bonds. The van der Waals surface area contributed by atoms with Gasteiger partial charge in [-0.1, -0.05) is 67.6 Å². The Hall–Kier alpha value is -2.17. The number of ether oxygens (including phenoxy) is 2. The Morgan fingerprint density at radius 2 is 1.34 bits per heavy atom. The van der Waals surface area contributed by atoms with E-state index in [1.54, 1.807) is 7.11 Å². The molecule has 2 aromatic rings. The summed E-state index contributed by atoms with van der Waals surface area (Å²) < 4.78 is 11.4. The van der Waals surface area contributed by atoms with Crippen LogP contribution in [0.2, 0.25) is 0 Å². The number of carbonyl (C=O) groups is 1. The van der Waals surface area contributed by atoms with E-state index in [2.05, 4.69) is 29.2 Å². The molecule has 0 aliphatic carbocycles. The molecule has 3 atom stereocenters. The van der Waals surface area contributed by atoms with Gasteiger partial charge in [-0.25, -0.2) is 0 Å². The Kier molecular flexibility index (Phi) is 8.42. The molecule has 0 aliphatic heterocycles. The van der Waals surface area contributed by atoms with Crippen molar-refractivity contribution in [3.8, 4) is 0 Å². The monoisotopic (exact) mass is 397 g/mol. The van der Waals surface area contributed by atoms with Gasteiger partial charge in [0.05, 0.1) is 12.0 Å². The lowest BCUT2D eigenvalue weighted by molar-refractivity contribution is -0.164. The van der Waals surface area contributed by atoms with Crippen molar-refractivity contribution in [1.29, 1.82) is 0 Å². The van der Waals surface area contributed by atoms with E-state index in [1.807, 2.05) is 71.0 Å². The summed E-state index contributed by atoms with van der Waals surface area (Å²) in [4.78, 5) is 15.3. The van der Waals surface area contributed by atoms with Crippen molar-refractivity contribution in [3.05, 3.63) is 71.8 Å². The summed E-state index contributed by atoms with van der Waals surface area (Å²) in [7, 11) is 1.70. The van der Waals surface area contributed by atoms with Crippen LogP contribution in [0, 0.1) is 5.92 Å². The number of methoxy groups -OCH3 is 1. The van der Waals surface area contributed by atoms with E-state index < -0.39 is 5.60 Å². The van der Waals surface area contributed by atoms with Crippen LogP contribution in [0.5, 0.6) is 0 Å². The Bertz CT molecular complexity index is 698. The highest BCUT2D eigenvalue weighted by Gasteiger charge is 2.36. The standard InChI is InChI=1S/C25H35NO3/c1-19(24(27)29-25(3,4)5)23(20(2)28-6)26(17-21-13-9-7-10-14-21)18-22-15-11-8-12-16-22/h7-16,19-20,23H,17-18H2,1-6H3/t19?,20-,23-/m0/s1. The molecule has 1 unspecified atom stereocenters. The molecule has 158 valence electrons. The lowest BCUT2D eigenvalue weighted by atomic mass is 9.94. The molecule has 0 N–H and O–H groups in total. The van der Waals surface area contributed by atoms with Crippen molar-refractivity contribution in [2.24, 2.45) is 5.92 Å². The van der Waals surface area contributed by atoms with Crippen molar-refractivity contribution in [2.75, 3.05) is 7.11 Å². The molecule has 0 aliphatic rings. The maximum Gasteiger partial charge on any atom is 0.310 e. The van der Waals surface area contributed by atoms with E-state index in [0.29, 0.717) is 0 Å². The van der Waals surface area contributed by atoms with E-state index in [1.165, 1.54) is 11.1 Å². The molecule has 0 aromatic heterocycles. The van der Waals surface area contributed by atoms with Gasteiger partial charge in [-0.2, -0.15) is 0 Å². The Morgan fingerprint density at radius 1 is 0.897 bits per heavy atom. The van der Waals surface area contributed by atoms with Crippen LogP contribution >= 0.6 is 0 Å². The largest absolute Gasteiger partial charge is 0.460 e. The molecule has 0 fully saturated rings. The zero-order valence-corrected chi connectivity index (χ0v) is 18.6. The third-order valence-corrected chi connectivity index (χ3v) is 5.02. The summed E-state index contributed by atoms with van der Waals surface area (Å²) in [5.41, 5.74) is 1.89. The second kappa shape index (κ2) is 10.6. The van der Waals surface area contributed by atoms with Crippen LogP contribution in [0.25, 0.3) is 0 Å². The fourth-order valence-electron chi connectivity index (χ4n) is 3.60. The number of hydrogen-bond acceptors (Lipinski definition) is 4. The summed E-state index contributed by atoms with van der Waals surface area (Å²) in [6.07, 6.45) is -0.134. The molecule has 0 bridgehead atoms. The normalized spacial score (nSPS) is 15.0. The molecule has 2 rings (SSSR count). The van der Waals surface area contributed by atoms with E-state index in [9.17, 15) is 4.79 Å². The highest BCUT2D eigenvalue weighted by Crippen LogP contribution is 2.25. The third-order valence-electron chi connectivity index (χ3n) is 5.02. The number of nitrogens with zero attached hydrogens (tertiary/aromatic N) is 1. The van der Waals surface area contributed by atoms with Crippen LogP contribution < -0.4 is 0 Å². The molecular formula is C25H35NO3. The summed E-state index contributed by atoms with van der Waals surface area (Å²) >= 11 is 0. The topological polar surface area (TPSA) is 38.8 Å². The predicted molar refractivity (Wildman–Crippen MR) is 117 cm³/mol. The zero-order chi connectivity index (χ0) is 21.4. The average molecular weight is 398 g/mol. The van der Waals surface area contributed by atoms with Crippen LogP contribution in [0.15, 0.2) is 60.7 Å². The Morgan fingerprint density at radius 3 is 1.72 bits per heavy atom. The van der Waals surface area contributed by atoms with Crippen LogP contribution in [-0.2, 0) is 27.4 Å². The highest BCUT2D eigenvalue weighted by atomic mass is 16.6. The molecule has 29 heavy (non-hydrogen) atoms. The van der Waals surface area contributed by atoms with Gasteiger partial charge in [-0.05, 0) is 38.8 Å². The number of rotatable bonds is 9. The maximum atomic E-state index is 12.9. The van der Waals surface area contributed by atoms with Crippen LogP contribution in [-0.4, -0.2) is 35.7 Å². The maximum absolute atomic E-state index is 12.9. The quantitative estimate of drug-likeness (QED) is 0.554. The molecule has 2 aromatic carbocycles. The second-order valence-corrected chi connectivity index (χ2v) is 8.63. The van der Waals surface area contributed by atoms with Gasteiger partial charge in [0, 0.05) is 26.2 Å². The van der Waals surface area contributed by atoms with E-state index in [0.717, 1.165) is 13.1 Å². The minimum atomic E-state index is -0.518. The van der Waals surface area contributed by atoms with Gasteiger partial charge in [0.15, 0.2) is 0 Å². The highest BCUT2D eigenvalue weighted by molar-refractivity contribution is 5.73.